The second-order valence-electron chi connectivity index (χ2n) is 19.7. The van der Waals surface area contributed by atoms with Gasteiger partial charge in [0.1, 0.15) is 0 Å². The van der Waals surface area contributed by atoms with Gasteiger partial charge in [-0.05, 0) is 17.7 Å². The van der Waals surface area contributed by atoms with E-state index in [1.807, 2.05) is 111 Å². The maximum absolute atomic E-state index is 9.34. The minimum atomic E-state index is -2.82. The summed E-state index contributed by atoms with van der Waals surface area (Å²) in [5.74, 6) is 0.162. The zero-order valence-corrected chi connectivity index (χ0v) is 43.2. The predicted octanol–water partition coefficient (Wildman–Crippen LogP) is 16.6. The second kappa shape index (κ2) is 18.3. The molecular weight excluding hydrogens is 1100 g/mol. The van der Waals surface area contributed by atoms with Gasteiger partial charge in [0.2, 0.25) is 0 Å². The number of hydrogen-bond donors (Lipinski definition) is 0. The van der Waals surface area contributed by atoms with E-state index in [1.54, 1.807) is 30.3 Å². The van der Waals surface area contributed by atoms with Crippen LogP contribution in [-0.4, -0.2) is 21.1 Å². The van der Waals surface area contributed by atoms with E-state index >= 15 is 0 Å². The molecule has 6 nitrogen and oxygen atoms in total. The molecule has 0 fully saturated rings. The molecule has 13 rings (SSSR count). The van der Waals surface area contributed by atoms with Crippen LogP contribution in [0.4, 0.5) is 22.9 Å². The topological polar surface area (TPSA) is 38.5 Å². The first-order valence-electron chi connectivity index (χ1n) is 31.6. The van der Waals surface area contributed by atoms with Gasteiger partial charge in [-0.3, -0.25) is 0 Å². The second-order valence-corrected chi connectivity index (χ2v) is 20.8. The fourth-order valence-corrected chi connectivity index (χ4v) is 11.9. The van der Waals surface area contributed by atoms with Crippen molar-refractivity contribution in [2.24, 2.45) is 0 Å². The Morgan fingerprint density at radius 3 is 1.93 bits per heavy atom. The molecule has 0 saturated heterocycles. The fourth-order valence-electron chi connectivity index (χ4n) is 10.8. The number of hydrogen-bond acceptors (Lipinski definition) is 4. The Kier molecular flexibility index (Phi) is 8.18. The monoisotopic (exact) mass is 1160 g/mol. The number of imidazole rings is 1. The first-order chi connectivity index (χ1) is 42.2. The third-order valence-corrected chi connectivity index (χ3v) is 15.1. The van der Waals surface area contributed by atoms with Gasteiger partial charge in [-0.25, -0.2) is 0 Å². The molecule has 2 aromatic heterocycles. The number of anilines is 4. The molecule has 0 N–H and O–H groups in total. The number of para-hydroxylation sites is 6. The van der Waals surface area contributed by atoms with Gasteiger partial charge in [-0.1, -0.05) is 54.6 Å². The Labute approximate surface area is 470 Å². The van der Waals surface area contributed by atoms with E-state index < -0.39 is 57.8 Å². The van der Waals surface area contributed by atoms with Crippen molar-refractivity contribution in [2.75, 3.05) is 9.62 Å². The van der Waals surface area contributed by atoms with Gasteiger partial charge < -0.3 is 0 Å². The van der Waals surface area contributed by atoms with Crippen molar-refractivity contribution >= 4 is 46.4 Å². The molecule has 75 heavy (non-hydrogen) atoms. The van der Waals surface area contributed by atoms with Crippen molar-refractivity contribution in [3.8, 4) is 67.5 Å². The van der Waals surface area contributed by atoms with Crippen molar-refractivity contribution in [3.05, 3.63) is 244 Å². The summed E-state index contributed by atoms with van der Waals surface area (Å²) >= 11 is 2.18. The third kappa shape index (κ3) is 7.92. The van der Waals surface area contributed by atoms with E-state index in [9.17, 15) is 2.74 Å². The molecule has 366 valence electrons. The third-order valence-electron chi connectivity index (χ3n) is 14.1. The van der Waals surface area contributed by atoms with Crippen LogP contribution in [0.25, 0.3) is 66.9 Å². The predicted molar refractivity (Wildman–Crippen MR) is 307 cm³/mol. The molecule has 9 aromatic carbocycles. The normalized spacial score (nSPS) is 15.9. The van der Waals surface area contributed by atoms with Gasteiger partial charge in [0.05, 0.1) is 0 Å². The maximum atomic E-state index is 9.34. The summed E-state index contributed by atoms with van der Waals surface area (Å²) in [5, 5.41) is 0. The molecule has 0 amide bonds. The van der Waals surface area contributed by atoms with E-state index in [0.717, 1.165) is 44.8 Å². The van der Waals surface area contributed by atoms with Gasteiger partial charge in [-0.15, -0.1) is 0 Å². The Balaban J connectivity index is 1.08. The Bertz CT molecular complexity index is 4740. The molecule has 0 bridgehead atoms. The average Bonchev–Trinajstić information content (AvgIpc) is 1.61. The zero-order valence-electron chi connectivity index (χ0n) is 54.9. The molecule has 0 spiro atoms. The van der Waals surface area contributed by atoms with Crippen LogP contribution in [0.1, 0.15) is 62.2 Å². The molecule has 2 aliphatic rings. The quantitative estimate of drug-likeness (QED) is 0.142. The van der Waals surface area contributed by atoms with Crippen LogP contribution in [0, 0.1) is 24.4 Å². The number of nitrogens with zero attached hydrogens (tertiary/aromatic N) is 5. The number of pyridine rings is 1. The molecular formula is C67H54BN5OPt. The standard InChI is InChI=1S/C67H54BN5O.Pt/c1-44-37-63(73-62-36-17-16-35-61(62)72-58-32-13-11-28-56(58)55-27-10-12-31-57(55)68(72)73)69-64(38-44)74-52-41-49(65-45(2)21-18-22-46(65)3)40-51(42-52)70-43-71(60-34-15-14-33-59(60)70)66-53(47-23-8-7-9-24-47)29-20-30-54(66)48-25-19-26-50(39-48)67(4,5)6;/h7-42H,1-6H3;/i1D3,2D3,3D3,7D,8D,9D,23D,24D;. The summed E-state index contributed by atoms with van der Waals surface area (Å²) in [5.41, 5.74) is 9.59. The van der Waals surface area contributed by atoms with E-state index in [2.05, 4.69) is 75.3 Å². The summed E-state index contributed by atoms with van der Waals surface area (Å²) in [6.07, 6.45) is 0. The Morgan fingerprint density at radius 2 is 1.19 bits per heavy atom. The molecule has 4 heterocycles. The molecule has 2 aliphatic heterocycles. The number of benzene rings is 9. The van der Waals surface area contributed by atoms with Crippen LogP contribution >= 0.6 is 0 Å². The SMILES string of the molecule is [2H]c1c([2H])c([2H])c(-c2cccc(-c3cccc(C(C)(C)C)c3)c2-n2[c](=[Pt])n(-c3cc(Oc4cc(C([2H])([2H])[2H])cc(N5B6c7ccccc7-c7ccccc7N6c6ccccc65)n4)cc(-c4c(C([2H])([2H])[2H])cccc4C([2H])([2H])[2H])c3)c3ccccc32)c([2H])c1[2H]. The van der Waals surface area contributed by atoms with Crippen LogP contribution in [0.3, 0.4) is 0 Å². The van der Waals surface area contributed by atoms with Crippen molar-refractivity contribution in [3.63, 3.8) is 0 Å². The molecule has 0 aliphatic carbocycles. The van der Waals surface area contributed by atoms with E-state index in [-0.39, 0.29) is 56.2 Å². The number of fused-ring (bicyclic) bond motifs is 9. The van der Waals surface area contributed by atoms with Crippen LogP contribution in [-0.2, 0) is 24.8 Å². The number of aromatic nitrogens is 3. The van der Waals surface area contributed by atoms with E-state index in [0.29, 0.717) is 37.3 Å². The number of ether oxygens (including phenoxy) is 1. The first-order valence-corrected chi connectivity index (χ1v) is 25.7. The summed E-state index contributed by atoms with van der Waals surface area (Å²) < 4.78 is 136. The fraction of sp³-hybridized carbons (Fsp3) is 0.104. The Hall–Kier alpha value is -8.25. The van der Waals surface area contributed by atoms with Crippen LogP contribution in [0.2, 0.25) is 0 Å². The zero-order chi connectivity index (χ0) is 63.0. The summed E-state index contributed by atoms with van der Waals surface area (Å²) in [6.45, 7) is -2.51. The molecule has 11 aromatic rings. The van der Waals surface area contributed by atoms with Gasteiger partial charge in [0, 0.05) is 11.3 Å². The van der Waals surface area contributed by atoms with Gasteiger partial charge in [0.25, 0.3) is 0 Å². The molecule has 0 atom stereocenters. The summed E-state index contributed by atoms with van der Waals surface area (Å²) in [6, 6.07) is 54.7. The average molecular weight is 1170 g/mol. The van der Waals surface area contributed by atoms with Gasteiger partial charge in [-0.2, -0.15) is 0 Å². The molecule has 0 unspecified atom stereocenters. The van der Waals surface area contributed by atoms with Crippen molar-refractivity contribution < 1.29 is 43.3 Å². The molecule has 8 heteroatoms. The van der Waals surface area contributed by atoms with E-state index in [4.69, 9.17) is 26.2 Å². The first kappa shape index (κ1) is 33.5. The van der Waals surface area contributed by atoms with Crippen molar-refractivity contribution in [1.29, 1.82) is 0 Å². The van der Waals surface area contributed by atoms with E-state index in [1.165, 1.54) is 30.3 Å². The van der Waals surface area contributed by atoms with Crippen LogP contribution in [0.5, 0.6) is 11.6 Å². The molecule has 0 radical (unpaired) electrons. The van der Waals surface area contributed by atoms with Crippen molar-refractivity contribution in [1.82, 2.24) is 14.1 Å². The van der Waals surface area contributed by atoms with Crippen LogP contribution < -0.4 is 19.8 Å². The number of aryl methyl sites for hydroxylation is 3. The Morgan fingerprint density at radius 1 is 0.547 bits per heavy atom. The minimum absolute atomic E-state index is 0.0230. The van der Waals surface area contributed by atoms with Crippen LogP contribution in [0.15, 0.2) is 218 Å². The summed E-state index contributed by atoms with van der Waals surface area (Å²) in [4.78, 5) is 9.40. The number of rotatable bonds is 8. The van der Waals surface area contributed by atoms with Crippen molar-refractivity contribution in [2.45, 2.75) is 46.7 Å². The summed E-state index contributed by atoms with van der Waals surface area (Å²) in [7, 11) is 0. The van der Waals surface area contributed by atoms with Gasteiger partial charge >= 0.3 is 388 Å². The van der Waals surface area contributed by atoms with Gasteiger partial charge in [0.15, 0.2) is 0 Å². The molecule has 0 saturated carbocycles.